The predicted octanol–water partition coefficient (Wildman–Crippen LogP) is 2.53. The maximum Gasteiger partial charge on any atom is 0.277 e. The molecule has 0 spiro atoms. The van der Waals surface area contributed by atoms with E-state index >= 15 is 0 Å². The number of likely N-dealkylation sites (N-methyl/N-ethyl adjacent to an activating group) is 1. The molecule has 0 aromatic heterocycles. The highest BCUT2D eigenvalue weighted by Crippen LogP contribution is 2.33. The highest BCUT2D eigenvalue weighted by molar-refractivity contribution is 6.35. The van der Waals surface area contributed by atoms with Gasteiger partial charge in [-0.25, -0.2) is 0 Å². The molecule has 1 saturated heterocycles. The van der Waals surface area contributed by atoms with E-state index in [1.165, 1.54) is 4.90 Å². The van der Waals surface area contributed by atoms with Crippen molar-refractivity contribution in [1.29, 1.82) is 0 Å². The molecule has 1 fully saturated rings. The van der Waals surface area contributed by atoms with E-state index in [4.69, 9.17) is 4.74 Å². The van der Waals surface area contributed by atoms with E-state index in [0.29, 0.717) is 23.8 Å². The van der Waals surface area contributed by atoms with Gasteiger partial charge in [0.05, 0.1) is 12.2 Å². The number of carbonyl (C=O) groups is 2. The van der Waals surface area contributed by atoms with Gasteiger partial charge in [-0.3, -0.25) is 14.5 Å². The van der Waals surface area contributed by atoms with Gasteiger partial charge in [-0.2, -0.15) is 0 Å². The molecule has 0 aliphatic carbocycles. The molecule has 2 heterocycles. The number of imide groups is 1. The van der Waals surface area contributed by atoms with E-state index < -0.39 is 0 Å². The number of hydrogen-bond acceptors (Lipinski definition) is 4. The topological polar surface area (TPSA) is 49.9 Å². The van der Waals surface area contributed by atoms with Crippen molar-refractivity contribution in [3.8, 4) is 5.75 Å². The summed E-state index contributed by atoms with van der Waals surface area (Å²) in [5, 5.41) is 0. The molecule has 1 aromatic carbocycles. The summed E-state index contributed by atoms with van der Waals surface area (Å²) in [6.45, 7) is 6.40. The van der Waals surface area contributed by atoms with E-state index in [1.807, 2.05) is 31.2 Å². The lowest BCUT2D eigenvalue weighted by atomic mass is 9.97. The summed E-state index contributed by atoms with van der Waals surface area (Å²) >= 11 is 0. The van der Waals surface area contributed by atoms with Gasteiger partial charge < -0.3 is 9.64 Å². The monoisotopic (exact) mass is 328 g/mol. The highest BCUT2D eigenvalue weighted by atomic mass is 16.5. The zero-order valence-electron chi connectivity index (χ0n) is 14.5. The average molecular weight is 328 g/mol. The maximum atomic E-state index is 12.6. The van der Waals surface area contributed by atoms with E-state index in [0.717, 1.165) is 37.2 Å². The fourth-order valence-electron chi connectivity index (χ4n) is 3.30. The van der Waals surface area contributed by atoms with Gasteiger partial charge in [0.25, 0.3) is 11.8 Å². The molecule has 2 amide bonds. The number of likely N-dealkylation sites (tertiary alicyclic amines) is 1. The maximum absolute atomic E-state index is 12.6. The van der Waals surface area contributed by atoms with Crippen LogP contribution in [0.2, 0.25) is 0 Å². The van der Waals surface area contributed by atoms with Crippen LogP contribution in [0.3, 0.4) is 0 Å². The highest BCUT2D eigenvalue weighted by Gasteiger charge is 2.40. The number of nitrogens with zero attached hydrogens (tertiary/aromatic N) is 2. The van der Waals surface area contributed by atoms with Crippen LogP contribution in [-0.4, -0.2) is 48.4 Å². The SMILES string of the molecule is CCOc1ccc(C2=C(N3CCC(C)CC3)C(=O)N(C)C2=O)cc1. The summed E-state index contributed by atoms with van der Waals surface area (Å²) in [7, 11) is 1.55. The molecule has 5 heteroatoms. The van der Waals surface area contributed by atoms with Crippen molar-refractivity contribution in [2.45, 2.75) is 26.7 Å². The van der Waals surface area contributed by atoms with Crippen LogP contribution in [0.25, 0.3) is 5.57 Å². The minimum Gasteiger partial charge on any atom is -0.494 e. The van der Waals surface area contributed by atoms with Gasteiger partial charge in [-0.15, -0.1) is 0 Å². The minimum atomic E-state index is -0.224. The van der Waals surface area contributed by atoms with E-state index in [-0.39, 0.29) is 11.8 Å². The molecule has 0 saturated carbocycles. The Hall–Kier alpha value is -2.30. The third-order valence-corrected chi connectivity index (χ3v) is 4.82. The Kier molecular flexibility index (Phi) is 4.60. The number of rotatable bonds is 4. The third-order valence-electron chi connectivity index (χ3n) is 4.82. The Morgan fingerprint density at radius 2 is 1.71 bits per heavy atom. The van der Waals surface area contributed by atoms with E-state index in [1.54, 1.807) is 7.05 Å². The second kappa shape index (κ2) is 6.67. The number of amides is 2. The van der Waals surface area contributed by atoms with Crippen LogP contribution in [0.5, 0.6) is 5.75 Å². The van der Waals surface area contributed by atoms with Gasteiger partial charge in [0.2, 0.25) is 0 Å². The quantitative estimate of drug-likeness (QED) is 0.797. The van der Waals surface area contributed by atoms with E-state index in [9.17, 15) is 9.59 Å². The van der Waals surface area contributed by atoms with Crippen LogP contribution in [-0.2, 0) is 9.59 Å². The molecule has 3 rings (SSSR count). The Morgan fingerprint density at radius 1 is 1.08 bits per heavy atom. The molecule has 1 aromatic rings. The first-order valence-corrected chi connectivity index (χ1v) is 8.57. The van der Waals surface area contributed by atoms with Crippen molar-refractivity contribution in [1.82, 2.24) is 9.80 Å². The largest absolute Gasteiger partial charge is 0.494 e. The fourth-order valence-corrected chi connectivity index (χ4v) is 3.30. The minimum absolute atomic E-state index is 0.196. The Labute approximate surface area is 142 Å². The Balaban J connectivity index is 1.98. The smallest absolute Gasteiger partial charge is 0.277 e. The number of piperidine rings is 1. The van der Waals surface area contributed by atoms with Gasteiger partial charge in [0.15, 0.2) is 0 Å². The lowest BCUT2D eigenvalue weighted by Crippen LogP contribution is -2.37. The summed E-state index contributed by atoms with van der Waals surface area (Å²) in [6.07, 6.45) is 2.09. The molecule has 128 valence electrons. The molecular weight excluding hydrogens is 304 g/mol. The third kappa shape index (κ3) is 2.90. The Bertz CT molecular complexity index is 670. The predicted molar refractivity (Wildman–Crippen MR) is 92.3 cm³/mol. The van der Waals surface area contributed by atoms with Crippen LogP contribution < -0.4 is 4.74 Å². The molecule has 0 radical (unpaired) electrons. The second-order valence-corrected chi connectivity index (χ2v) is 6.52. The van der Waals surface area contributed by atoms with Crippen molar-refractivity contribution in [3.63, 3.8) is 0 Å². The first-order valence-electron chi connectivity index (χ1n) is 8.57. The van der Waals surface area contributed by atoms with Crippen molar-refractivity contribution < 1.29 is 14.3 Å². The van der Waals surface area contributed by atoms with E-state index in [2.05, 4.69) is 11.8 Å². The molecule has 24 heavy (non-hydrogen) atoms. The zero-order chi connectivity index (χ0) is 17.3. The molecule has 0 N–H and O–H groups in total. The van der Waals surface area contributed by atoms with Gasteiger partial charge in [0.1, 0.15) is 11.4 Å². The summed E-state index contributed by atoms with van der Waals surface area (Å²) in [6, 6.07) is 7.41. The molecule has 2 aliphatic rings. The van der Waals surface area contributed by atoms with Gasteiger partial charge in [-0.05, 0) is 43.4 Å². The van der Waals surface area contributed by atoms with Crippen molar-refractivity contribution in [3.05, 3.63) is 35.5 Å². The lowest BCUT2D eigenvalue weighted by Gasteiger charge is -2.32. The Morgan fingerprint density at radius 3 is 2.29 bits per heavy atom. The summed E-state index contributed by atoms with van der Waals surface area (Å²) in [5.74, 6) is 1.01. The number of carbonyl (C=O) groups excluding carboxylic acids is 2. The number of ether oxygens (including phenoxy) is 1. The molecule has 5 nitrogen and oxygen atoms in total. The molecule has 2 aliphatic heterocycles. The molecule has 0 atom stereocenters. The van der Waals surface area contributed by atoms with Gasteiger partial charge in [0, 0.05) is 20.1 Å². The van der Waals surface area contributed by atoms with Crippen molar-refractivity contribution in [2.24, 2.45) is 5.92 Å². The first-order chi connectivity index (χ1) is 11.5. The van der Waals surface area contributed by atoms with Gasteiger partial charge >= 0.3 is 0 Å². The standard InChI is InChI=1S/C19H24N2O3/c1-4-24-15-7-5-14(6-8-15)16-17(19(23)20(3)18(16)22)21-11-9-13(2)10-12-21/h5-8,13H,4,9-12H2,1-3H3. The molecule has 0 unspecified atom stereocenters. The van der Waals surface area contributed by atoms with Crippen LogP contribution in [0.4, 0.5) is 0 Å². The number of benzene rings is 1. The summed E-state index contributed by atoms with van der Waals surface area (Å²) in [5.41, 5.74) is 1.84. The van der Waals surface area contributed by atoms with Crippen LogP contribution in [0.15, 0.2) is 30.0 Å². The molecule has 0 bridgehead atoms. The normalized spacial score (nSPS) is 19.5. The van der Waals surface area contributed by atoms with Crippen molar-refractivity contribution in [2.75, 3.05) is 26.7 Å². The first kappa shape index (κ1) is 16.6. The van der Waals surface area contributed by atoms with Crippen LogP contribution in [0.1, 0.15) is 32.3 Å². The van der Waals surface area contributed by atoms with Gasteiger partial charge in [-0.1, -0.05) is 19.1 Å². The van der Waals surface area contributed by atoms with Crippen molar-refractivity contribution >= 4 is 17.4 Å². The average Bonchev–Trinajstić information content (AvgIpc) is 2.81. The lowest BCUT2D eigenvalue weighted by molar-refractivity contribution is -0.136. The summed E-state index contributed by atoms with van der Waals surface area (Å²) in [4.78, 5) is 28.6. The second-order valence-electron chi connectivity index (χ2n) is 6.52. The number of hydrogen-bond donors (Lipinski definition) is 0. The van der Waals surface area contributed by atoms with Crippen LogP contribution in [0, 0.1) is 5.92 Å². The van der Waals surface area contributed by atoms with Crippen LogP contribution >= 0.6 is 0 Å². The summed E-state index contributed by atoms with van der Waals surface area (Å²) < 4.78 is 5.46. The molecular formula is C19H24N2O3. The zero-order valence-corrected chi connectivity index (χ0v) is 14.5. The fraction of sp³-hybridized carbons (Fsp3) is 0.474.